The monoisotopic (exact) mass is 247 g/mol. The van der Waals surface area contributed by atoms with E-state index < -0.39 is 5.60 Å². The second kappa shape index (κ2) is 5.41. The molecular weight excluding hydrogens is 222 g/mol. The Kier molecular flexibility index (Phi) is 4.08. The van der Waals surface area contributed by atoms with Gasteiger partial charge in [-0.2, -0.15) is 0 Å². The minimum absolute atomic E-state index is 0.183. The molecule has 0 aromatic heterocycles. The molecule has 2 heteroatoms. The van der Waals surface area contributed by atoms with Crippen molar-refractivity contribution in [2.75, 3.05) is 14.1 Å². The van der Waals surface area contributed by atoms with E-state index in [4.69, 9.17) is 0 Å². The standard InChI is InChI=1S/C16H25NO/c1-13(17(2)3)16(18)12-8-7-11-15(16)14-9-5-4-6-10-14/h4-6,9-10,13,15,18H,7-8,11-12H2,1-3H3. The molecule has 1 fully saturated rings. The first kappa shape index (κ1) is 13.6. The number of nitrogens with zero attached hydrogens (tertiary/aromatic N) is 1. The van der Waals surface area contributed by atoms with Gasteiger partial charge in [0.2, 0.25) is 0 Å². The summed E-state index contributed by atoms with van der Waals surface area (Å²) in [6.07, 6.45) is 4.37. The lowest BCUT2D eigenvalue weighted by molar-refractivity contribution is -0.0709. The first-order valence-electron chi connectivity index (χ1n) is 6.99. The number of rotatable bonds is 3. The Balaban J connectivity index is 2.31. The number of benzene rings is 1. The highest BCUT2D eigenvalue weighted by Crippen LogP contribution is 2.43. The number of likely N-dealkylation sites (N-methyl/N-ethyl adjacent to an activating group) is 1. The molecule has 1 saturated carbocycles. The van der Waals surface area contributed by atoms with Gasteiger partial charge in [-0.3, -0.25) is 0 Å². The summed E-state index contributed by atoms with van der Waals surface area (Å²) in [5.74, 6) is 0.268. The minimum Gasteiger partial charge on any atom is -0.388 e. The van der Waals surface area contributed by atoms with Crippen molar-refractivity contribution in [3.63, 3.8) is 0 Å². The van der Waals surface area contributed by atoms with Crippen molar-refractivity contribution in [1.29, 1.82) is 0 Å². The van der Waals surface area contributed by atoms with Crippen LogP contribution in [-0.2, 0) is 0 Å². The van der Waals surface area contributed by atoms with E-state index in [1.165, 1.54) is 12.0 Å². The molecule has 0 bridgehead atoms. The molecule has 0 aliphatic heterocycles. The van der Waals surface area contributed by atoms with Crippen molar-refractivity contribution in [3.05, 3.63) is 35.9 Å². The van der Waals surface area contributed by atoms with Crippen molar-refractivity contribution >= 4 is 0 Å². The van der Waals surface area contributed by atoms with Gasteiger partial charge in [0.05, 0.1) is 5.60 Å². The fourth-order valence-corrected chi connectivity index (χ4v) is 3.27. The van der Waals surface area contributed by atoms with Crippen molar-refractivity contribution in [2.45, 2.75) is 50.2 Å². The molecule has 0 amide bonds. The highest BCUT2D eigenvalue weighted by atomic mass is 16.3. The average Bonchev–Trinajstić information content (AvgIpc) is 2.39. The van der Waals surface area contributed by atoms with Crippen molar-refractivity contribution in [2.24, 2.45) is 0 Å². The van der Waals surface area contributed by atoms with Crippen LogP contribution in [-0.4, -0.2) is 35.7 Å². The van der Waals surface area contributed by atoms with E-state index >= 15 is 0 Å². The fraction of sp³-hybridized carbons (Fsp3) is 0.625. The molecule has 1 aromatic carbocycles. The third kappa shape index (κ3) is 2.45. The maximum absolute atomic E-state index is 11.2. The molecule has 3 atom stereocenters. The van der Waals surface area contributed by atoms with Crippen LogP contribution < -0.4 is 0 Å². The normalized spacial score (nSPS) is 30.4. The second-order valence-electron chi connectivity index (χ2n) is 5.84. The molecule has 18 heavy (non-hydrogen) atoms. The predicted molar refractivity (Wildman–Crippen MR) is 75.7 cm³/mol. The third-order valence-corrected chi connectivity index (χ3v) is 4.62. The SMILES string of the molecule is CC(N(C)C)C1(O)CCCCC1c1ccccc1. The molecule has 1 N–H and O–H groups in total. The zero-order valence-electron chi connectivity index (χ0n) is 11.8. The van der Waals surface area contributed by atoms with E-state index in [1.54, 1.807) is 0 Å². The van der Waals surface area contributed by atoms with Gasteiger partial charge in [-0.25, -0.2) is 0 Å². The molecule has 0 radical (unpaired) electrons. The van der Waals surface area contributed by atoms with Gasteiger partial charge in [-0.15, -0.1) is 0 Å². The first-order valence-corrected chi connectivity index (χ1v) is 6.99. The summed E-state index contributed by atoms with van der Waals surface area (Å²) in [4.78, 5) is 2.14. The highest BCUT2D eigenvalue weighted by molar-refractivity contribution is 5.25. The predicted octanol–water partition coefficient (Wildman–Crippen LogP) is 3.03. The largest absolute Gasteiger partial charge is 0.388 e. The van der Waals surface area contributed by atoms with Crippen LogP contribution in [0.3, 0.4) is 0 Å². The van der Waals surface area contributed by atoms with E-state index in [-0.39, 0.29) is 12.0 Å². The molecule has 2 rings (SSSR count). The van der Waals surface area contributed by atoms with E-state index in [0.29, 0.717) is 0 Å². The Morgan fingerprint density at radius 3 is 2.50 bits per heavy atom. The summed E-state index contributed by atoms with van der Waals surface area (Å²) in [6.45, 7) is 2.14. The second-order valence-corrected chi connectivity index (χ2v) is 5.84. The van der Waals surface area contributed by atoms with Crippen molar-refractivity contribution < 1.29 is 5.11 Å². The topological polar surface area (TPSA) is 23.5 Å². The minimum atomic E-state index is -0.594. The van der Waals surface area contributed by atoms with Crippen LogP contribution in [0, 0.1) is 0 Å². The lowest BCUT2D eigenvalue weighted by atomic mass is 9.68. The van der Waals surface area contributed by atoms with Crippen LogP contribution in [0.1, 0.15) is 44.1 Å². The van der Waals surface area contributed by atoms with Gasteiger partial charge in [-0.1, -0.05) is 43.2 Å². The Hall–Kier alpha value is -0.860. The summed E-state index contributed by atoms with van der Waals surface area (Å²) in [7, 11) is 4.11. The molecule has 1 aromatic rings. The highest BCUT2D eigenvalue weighted by Gasteiger charge is 2.44. The van der Waals surface area contributed by atoms with Crippen LogP contribution in [0.5, 0.6) is 0 Å². The van der Waals surface area contributed by atoms with Crippen molar-refractivity contribution in [1.82, 2.24) is 4.90 Å². The summed E-state index contributed by atoms with van der Waals surface area (Å²) >= 11 is 0. The van der Waals surface area contributed by atoms with Gasteiger partial charge in [0, 0.05) is 12.0 Å². The molecule has 3 unspecified atom stereocenters. The molecule has 1 aliphatic carbocycles. The first-order chi connectivity index (χ1) is 8.55. The molecular formula is C16H25NO. The van der Waals surface area contributed by atoms with Gasteiger partial charge in [0.1, 0.15) is 0 Å². The van der Waals surface area contributed by atoms with Gasteiger partial charge in [-0.05, 0) is 39.4 Å². The molecule has 0 spiro atoms. The van der Waals surface area contributed by atoms with Crippen LogP contribution in [0.15, 0.2) is 30.3 Å². The van der Waals surface area contributed by atoms with Crippen LogP contribution in [0.25, 0.3) is 0 Å². The summed E-state index contributed by atoms with van der Waals surface area (Å²) in [5.41, 5.74) is 0.691. The number of hydrogen-bond donors (Lipinski definition) is 1. The van der Waals surface area contributed by atoms with Gasteiger partial charge in [0.15, 0.2) is 0 Å². The summed E-state index contributed by atoms with van der Waals surface area (Å²) < 4.78 is 0. The van der Waals surface area contributed by atoms with Crippen LogP contribution in [0.2, 0.25) is 0 Å². The maximum Gasteiger partial charge on any atom is 0.0867 e. The van der Waals surface area contributed by atoms with Crippen LogP contribution in [0.4, 0.5) is 0 Å². The third-order valence-electron chi connectivity index (χ3n) is 4.62. The Labute approximate surface area is 111 Å². The van der Waals surface area contributed by atoms with E-state index in [1.807, 2.05) is 6.07 Å². The van der Waals surface area contributed by atoms with Gasteiger partial charge in [0.25, 0.3) is 0 Å². The van der Waals surface area contributed by atoms with E-state index in [2.05, 4.69) is 50.2 Å². The molecule has 0 heterocycles. The quantitative estimate of drug-likeness (QED) is 0.887. The zero-order chi connectivity index (χ0) is 13.2. The summed E-state index contributed by atoms with van der Waals surface area (Å²) in [5, 5.41) is 11.2. The molecule has 1 aliphatic rings. The molecule has 0 saturated heterocycles. The van der Waals surface area contributed by atoms with E-state index in [0.717, 1.165) is 19.3 Å². The Bertz CT molecular complexity index is 376. The lowest BCUT2D eigenvalue weighted by Gasteiger charge is -2.46. The Morgan fingerprint density at radius 2 is 1.89 bits per heavy atom. The number of aliphatic hydroxyl groups is 1. The average molecular weight is 247 g/mol. The molecule has 100 valence electrons. The summed E-state index contributed by atoms with van der Waals surface area (Å²) in [6, 6.07) is 10.7. The van der Waals surface area contributed by atoms with E-state index in [9.17, 15) is 5.11 Å². The number of hydrogen-bond acceptors (Lipinski definition) is 2. The fourth-order valence-electron chi connectivity index (χ4n) is 3.27. The zero-order valence-corrected chi connectivity index (χ0v) is 11.8. The lowest BCUT2D eigenvalue weighted by Crippen LogP contribution is -2.53. The van der Waals surface area contributed by atoms with Gasteiger partial charge >= 0.3 is 0 Å². The Morgan fingerprint density at radius 1 is 1.22 bits per heavy atom. The maximum atomic E-state index is 11.2. The van der Waals surface area contributed by atoms with Crippen molar-refractivity contribution in [3.8, 4) is 0 Å². The smallest absolute Gasteiger partial charge is 0.0867 e. The van der Waals surface area contributed by atoms with Gasteiger partial charge < -0.3 is 10.0 Å². The van der Waals surface area contributed by atoms with Crippen LogP contribution >= 0.6 is 0 Å². The molecule has 2 nitrogen and oxygen atoms in total.